The van der Waals surface area contributed by atoms with Crippen molar-refractivity contribution >= 4 is 5.91 Å². The highest BCUT2D eigenvalue weighted by Crippen LogP contribution is 2.18. The minimum atomic E-state index is 0.0617. The molecule has 1 saturated heterocycles. The summed E-state index contributed by atoms with van der Waals surface area (Å²) in [6.45, 7) is 9.72. The molecule has 1 aliphatic rings. The molecule has 0 radical (unpaired) electrons. The highest BCUT2D eigenvalue weighted by Gasteiger charge is 2.36. The van der Waals surface area contributed by atoms with Crippen LogP contribution < -0.4 is 5.32 Å². The lowest BCUT2D eigenvalue weighted by Crippen LogP contribution is -2.37. The van der Waals surface area contributed by atoms with Crippen molar-refractivity contribution in [2.24, 2.45) is 5.92 Å². The Bertz CT molecular complexity index is 253. The summed E-state index contributed by atoms with van der Waals surface area (Å²) in [6, 6.07) is 0.0617. The minimum Gasteiger partial charge on any atom is -0.326 e. The number of nitrogens with one attached hydrogen (secondary N) is 1. The Morgan fingerprint density at radius 1 is 1.28 bits per heavy atom. The van der Waals surface area contributed by atoms with Crippen molar-refractivity contribution in [2.75, 3.05) is 6.54 Å². The first-order valence-corrected chi connectivity index (χ1v) is 7.66. The molecule has 1 aliphatic heterocycles. The van der Waals surface area contributed by atoms with Crippen LogP contribution in [0.3, 0.4) is 0 Å². The molecule has 3 heteroatoms. The van der Waals surface area contributed by atoms with Crippen LogP contribution in [-0.4, -0.2) is 29.6 Å². The number of carbonyl (C=O) groups excluding carboxylic acids is 1. The number of hydrogen-bond acceptors (Lipinski definition) is 2. The first-order valence-electron chi connectivity index (χ1n) is 7.66. The predicted molar refractivity (Wildman–Crippen MR) is 76.3 cm³/mol. The lowest BCUT2D eigenvalue weighted by Gasteiger charge is -2.24. The topological polar surface area (TPSA) is 32.3 Å². The van der Waals surface area contributed by atoms with Gasteiger partial charge in [-0.2, -0.15) is 0 Å². The van der Waals surface area contributed by atoms with Gasteiger partial charge in [-0.1, -0.05) is 47.0 Å². The number of rotatable bonds is 8. The molecule has 0 spiro atoms. The molecule has 2 atom stereocenters. The van der Waals surface area contributed by atoms with E-state index in [1.165, 1.54) is 12.8 Å². The van der Waals surface area contributed by atoms with Crippen LogP contribution >= 0.6 is 0 Å². The molecule has 0 bridgehead atoms. The van der Waals surface area contributed by atoms with Gasteiger partial charge in [0.15, 0.2) is 0 Å². The Balaban J connectivity index is 2.41. The fourth-order valence-electron chi connectivity index (χ4n) is 2.65. The van der Waals surface area contributed by atoms with Gasteiger partial charge in [-0.05, 0) is 25.2 Å². The second kappa shape index (κ2) is 7.78. The third-order valence-electron chi connectivity index (χ3n) is 3.75. The summed E-state index contributed by atoms with van der Waals surface area (Å²) in [5.74, 6) is 1.09. The Hall–Kier alpha value is -0.570. The maximum atomic E-state index is 12.2. The zero-order chi connectivity index (χ0) is 13.5. The summed E-state index contributed by atoms with van der Waals surface area (Å²) in [5.41, 5.74) is 0. The maximum Gasteiger partial charge on any atom is 0.241 e. The van der Waals surface area contributed by atoms with E-state index in [-0.39, 0.29) is 12.2 Å². The molecule has 1 heterocycles. The van der Waals surface area contributed by atoms with Gasteiger partial charge in [0.25, 0.3) is 0 Å². The van der Waals surface area contributed by atoms with Gasteiger partial charge in [0, 0.05) is 6.54 Å². The molecule has 0 aromatic carbocycles. The van der Waals surface area contributed by atoms with Crippen molar-refractivity contribution in [2.45, 2.75) is 78.4 Å². The van der Waals surface area contributed by atoms with E-state index in [0.29, 0.717) is 5.91 Å². The summed E-state index contributed by atoms with van der Waals surface area (Å²) in [5, 5.41) is 3.47. The molecule has 0 saturated carbocycles. The molecule has 1 amide bonds. The first kappa shape index (κ1) is 15.5. The number of nitrogens with zero attached hydrogens (tertiary/aromatic N) is 1. The molecule has 1 fully saturated rings. The van der Waals surface area contributed by atoms with Crippen LogP contribution in [0.25, 0.3) is 0 Å². The zero-order valence-corrected chi connectivity index (χ0v) is 12.5. The number of carbonyl (C=O) groups is 1. The fraction of sp³-hybridized carbons (Fsp3) is 0.933. The third kappa shape index (κ3) is 4.27. The van der Waals surface area contributed by atoms with Gasteiger partial charge >= 0.3 is 0 Å². The van der Waals surface area contributed by atoms with E-state index < -0.39 is 0 Å². The van der Waals surface area contributed by atoms with Gasteiger partial charge in [-0.15, -0.1) is 0 Å². The van der Waals surface area contributed by atoms with Gasteiger partial charge in [-0.25, -0.2) is 0 Å². The number of hydrogen-bond donors (Lipinski definition) is 1. The van der Waals surface area contributed by atoms with Gasteiger partial charge in [0.1, 0.15) is 0 Å². The van der Waals surface area contributed by atoms with Crippen LogP contribution in [0.4, 0.5) is 0 Å². The normalized spacial score (nSPS) is 24.3. The summed E-state index contributed by atoms with van der Waals surface area (Å²) < 4.78 is 0. The second-order valence-electron chi connectivity index (χ2n) is 5.85. The molecule has 2 unspecified atom stereocenters. The van der Waals surface area contributed by atoms with Gasteiger partial charge in [0.2, 0.25) is 5.91 Å². The molecule has 0 aromatic rings. The van der Waals surface area contributed by atoms with Crippen molar-refractivity contribution in [3.05, 3.63) is 0 Å². The van der Waals surface area contributed by atoms with E-state index in [1.807, 2.05) is 0 Å². The molecule has 0 aliphatic carbocycles. The Kier molecular flexibility index (Phi) is 6.69. The van der Waals surface area contributed by atoms with Crippen LogP contribution in [0.1, 0.15) is 66.2 Å². The number of unbranched alkanes of at least 4 members (excludes halogenated alkanes) is 1. The highest BCUT2D eigenvalue weighted by atomic mass is 16.2. The zero-order valence-electron chi connectivity index (χ0n) is 12.5. The standard InChI is InChI=1S/C15H30N2O/c1-5-9-14-16-13(6-2)15(18)17(14)11-8-7-10-12(3)4/h12-14,16H,5-11H2,1-4H3. The van der Waals surface area contributed by atoms with Gasteiger partial charge in [-0.3, -0.25) is 10.1 Å². The van der Waals surface area contributed by atoms with Crippen LogP contribution in [0, 0.1) is 5.92 Å². The second-order valence-corrected chi connectivity index (χ2v) is 5.85. The SMILES string of the molecule is CCCC1NC(CC)C(=O)N1CCCCC(C)C. The van der Waals surface area contributed by atoms with Crippen molar-refractivity contribution in [1.29, 1.82) is 0 Å². The molecule has 0 aromatic heterocycles. The smallest absolute Gasteiger partial charge is 0.241 e. The van der Waals surface area contributed by atoms with E-state index >= 15 is 0 Å². The van der Waals surface area contributed by atoms with Crippen molar-refractivity contribution in [3.8, 4) is 0 Å². The summed E-state index contributed by atoms with van der Waals surface area (Å²) in [6.07, 6.45) is 7.04. The minimum absolute atomic E-state index is 0.0617. The lowest BCUT2D eigenvalue weighted by molar-refractivity contribution is -0.130. The van der Waals surface area contributed by atoms with E-state index in [4.69, 9.17) is 0 Å². The average Bonchev–Trinajstić information content (AvgIpc) is 2.62. The monoisotopic (exact) mass is 254 g/mol. The van der Waals surface area contributed by atoms with Crippen molar-refractivity contribution in [1.82, 2.24) is 10.2 Å². The summed E-state index contributed by atoms with van der Waals surface area (Å²) >= 11 is 0. The van der Waals surface area contributed by atoms with Crippen molar-refractivity contribution < 1.29 is 4.79 Å². The average molecular weight is 254 g/mol. The van der Waals surface area contributed by atoms with Gasteiger partial charge in [0.05, 0.1) is 12.2 Å². The van der Waals surface area contributed by atoms with E-state index in [2.05, 4.69) is 37.9 Å². The molecular formula is C15H30N2O. The number of amides is 1. The Labute approximate surface area is 112 Å². The van der Waals surface area contributed by atoms with Crippen LogP contribution in [0.2, 0.25) is 0 Å². The highest BCUT2D eigenvalue weighted by molar-refractivity contribution is 5.84. The van der Waals surface area contributed by atoms with Crippen molar-refractivity contribution in [3.63, 3.8) is 0 Å². The summed E-state index contributed by atoms with van der Waals surface area (Å²) in [4.78, 5) is 14.3. The first-order chi connectivity index (χ1) is 8.60. The third-order valence-corrected chi connectivity index (χ3v) is 3.75. The molecule has 1 N–H and O–H groups in total. The van der Waals surface area contributed by atoms with Crippen LogP contribution in [0.15, 0.2) is 0 Å². The molecule has 3 nitrogen and oxygen atoms in total. The van der Waals surface area contributed by atoms with E-state index in [9.17, 15) is 4.79 Å². The Morgan fingerprint density at radius 3 is 2.56 bits per heavy atom. The predicted octanol–water partition coefficient (Wildman–Crippen LogP) is 3.15. The molecule has 18 heavy (non-hydrogen) atoms. The van der Waals surface area contributed by atoms with E-state index in [1.54, 1.807) is 0 Å². The van der Waals surface area contributed by atoms with E-state index in [0.717, 1.165) is 38.1 Å². The molecular weight excluding hydrogens is 224 g/mol. The van der Waals surface area contributed by atoms with Gasteiger partial charge < -0.3 is 4.90 Å². The molecule has 106 valence electrons. The maximum absolute atomic E-state index is 12.2. The fourth-order valence-corrected chi connectivity index (χ4v) is 2.65. The lowest BCUT2D eigenvalue weighted by atomic mass is 10.1. The quantitative estimate of drug-likeness (QED) is 0.675. The Morgan fingerprint density at radius 2 is 2.00 bits per heavy atom. The largest absolute Gasteiger partial charge is 0.326 e. The molecule has 1 rings (SSSR count). The summed E-state index contributed by atoms with van der Waals surface area (Å²) in [7, 11) is 0. The van der Waals surface area contributed by atoms with Crippen LogP contribution in [-0.2, 0) is 4.79 Å². The van der Waals surface area contributed by atoms with Crippen LogP contribution in [0.5, 0.6) is 0 Å².